The van der Waals surface area contributed by atoms with Crippen LogP contribution in [0.1, 0.15) is 44.3 Å². The monoisotopic (exact) mass is 223 g/mol. The maximum absolute atomic E-state index is 10.6. The van der Waals surface area contributed by atoms with Crippen molar-refractivity contribution in [1.82, 2.24) is 14.8 Å². The smallest absolute Gasteiger partial charge is 0.303 e. The van der Waals surface area contributed by atoms with Crippen LogP contribution in [0.4, 0.5) is 0 Å². The van der Waals surface area contributed by atoms with Crippen LogP contribution in [0.3, 0.4) is 0 Å². The number of rotatable bonds is 3. The van der Waals surface area contributed by atoms with E-state index in [1.165, 1.54) is 0 Å². The van der Waals surface area contributed by atoms with Crippen molar-refractivity contribution in [2.24, 2.45) is 5.92 Å². The second kappa shape index (κ2) is 4.23. The first-order valence-corrected chi connectivity index (χ1v) is 5.71. The minimum atomic E-state index is -0.724. The number of hydrogen-bond acceptors (Lipinski definition) is 3. The van der Waals surface area contributed by atoms with Crippen LogP contribution in [-0.4, -0.2) is 25.8 Å². The first-order valence-electron chi connectivity index (χ1n) is 5.71. The predicted molar refractivity (Wildman–Crippen MR) is 58.2 cm³/mol. The first kappa shape index (κ1) is 11.1. The predicted octanol–water partition coefficient (Wildman–Crippen LogP) is 1.44. The highest BCUT2D eigenvalue weighted by Gasteiger charge is 2.23. The minimum absolute atomic E-state index is 0.201. The molecule has 0 amide bonds. The van der Waals surface area contributed by atoms with Gasteiger partial charge in [0.05, 0.1) is 0 Å². The number of hydrogen-bond donors (Lipinski definition) is 1. The van der Waals surface area contributed by atoms with Crippen molar-refractivity contribution in [3.8, 4) is 0 Å². The molecule has 2 rings (SSSR count). The molecule has 0 saturated heterocycles. The molecule has 1 aromatic rings. The zero-order chi connectivity index (χ0) is 11.7. The lowest BCUT2D eigenvalue weighted by atomic mass is 9.96. The van der Waals surface area contributed by atoms with Gasteiger partial charge in [-0.1, -0.05) is 13.8 Å². The van der Waals surface area contributed by atoms with Crippen LogP contribution in [0, 0.1) is 5.92 Å². The summed E-state index contributed by atoms with van der Waals surface area (Å²) in [7, 11) is 0. The normalized spacial score (nSPS) is 19.8. The Kier molecular flexibility index (Phi) is 2.94. The molecular formula is C11H17N3O2. The third-order valence-electron chi connectivity index (χ3n) is 2.95. The summed E-state index contributed by atoms with van der Waals surface area (Å²) in [5.74, 6) is 1.68. The largest absolute Gasteiger partial charge is 0.481 e. The molecule has 1 unspecified atom stereocenters. The van der Waals surface area contributed by atoms with Crippen LogP contribution in [0.2, 0.25) is 0 Å². The van der Waals surface area contributed by atoms with Gasteiger partial charge in [0.2, 0.25) is 0 Å². The number of carboxylic acid groups (broad SMARTS) is 1. The highest BCUT2D eigenvalue weighted by molar-refractivity contribution is 5.67. The summed E-state index contributed by atoms with van der Waals surface area (Å²) in [6.07, 6.45) is 1.98. The Morgan fingerprint density at radius 3 is 3.00 bits per heavy atom. The van der Waals surface area contributed by atoms with Gasteiger partial charge in [-0.15, -0.1) is 0 Å². The Labute approximate surface area is 94.5 Å². The van der Waals surface area contributed by atoms with Crippen molar-refractivity contribution in [3.63, 3.8) is 0 Å². The van der Waals surface area contributed by atoms with Gasteiger partial charge < -0.3 is 5.11 Å². The standard InChI is InChI=1S/C11H17N3O2/c1-7(2)11-12-9-4-3-8(5-10(15)16)6-14(9)13-11/h7-8H,3-6H2,1-2H3,(H,15,16). The molecule has 1 atom stereocenters. The summed E-state index contributed by atoms with van der Waals surface area (Å²) in [6, 6.07) is 0. The first-order chi connectivity index (χ1) is 7.56. The van der Waals surface area contributed by atoms with E-state index in [0.717, 1.165) is 24.5 Å². The number of nitrogens with zero attached hydrogens (tertiary/aromatic N) is 3. The van der Waals surface area contributed by atoms with E-state index in [1.807, 2.05) is 4.68 Å². The van der Waals surface area contributed by atoms with Gasteiger partial charge in [0.1, 0.15) is 5.82 Å². The van der Waals surface area contributed by atoms with E-state index < -0.39 is 5.97 Å². The maximum atomic E-state index is 10.6. The van der Waals surface area contributed by atoms with Crippen LogP contribution < -0.4 is 0 Å². The molecule has 0 fully saturated rings. The van der Waals surface area contributed by atoms with Crippen molar-refractivity contribution in [2.75, 3.05) is 0 Å². The second-order valence-corrected chi connectivity index (χ2v) is 4.73. The van der Waals surface area contributed by atoms with Crippen molar-refractivity contribution < 1.29 is 9.90 Å². The fraction of sp³-hybridized carbons (Fsp3) is 0.727. The van der Waals surface area contributed by atoms with Gasteiger partial charge in [-0.05, 0) is 12.3 Å². The third-order valence-corrected chi connectivity index (χ3v) is 2.95. The van der Waals surface area contributed by atoms with Crippen molar-refractivity contribution in [1.29, 1.82) is 0 Å². The number of carboxylic acids is 1. The molecule has 88 valence electrons. The highest BCUT2D eigenvalue weighted by atomic mass is 16.4. The number of aliphatic carboxylic acids is 1. The van der Waals surface area contributed by atoms with Gasteiger partial charge in [0.15, 0.2) is 5.82 Å². The molecule has 0 radical (unpaired) electrons. The van der Waals surface area contributed by atoms with Crippen molar-refractivity contribution >= 4 is 5.97 Å². The number of fused-ring (bicyclic) bond motifs is 1. The van der Waals surface area contributed by atoms with Crippen molar-refractivity contribution in [3.05, 3.63) is 11.6 Å². The Morgan fingerprint density at radius 2 is 2.38 bits per heavy atom. The topological polar surface area (TPSA) is 68.0 Å². The third kappa shape index (κ3) is 2.23. The molecule has 0 spiro atoms. The lowest BCUT2D eigenvalue weighted by molar-refractivity contribution is -0.138. The van der Waals surface area contributed by atoms with Gasteiger partial charge in [-0.3, -0.25) is 4.79 Å². The van der Waals surface area contributed by atoms with E-state index in [9.17, 15) is 4.79 Å². The van der Waals surface area contributed by atoms with E-state index >= 15 is 0 Å². The molecule has 0 bridgehead atoms. The molecule has 1 aromatic heterocycles. The molecule has 0 aliphatic carbocycles. The van der Waals surface area contributed by atoms with Gasteiger partial charge in [-0.25, -0.2) is 9.67 Å². The quantitative estimate of drug-likeness (QED) is 0.841. The molecule has 5 heteroatoms. The van der Waals surface area contributed by atoms with E-state index in [4.69, 9.17) is 5.11 Å². The van der Waals surface area contributed by atoms with Gasteiger partial charge in [0.25, 0.3) is 0 Å². The summed E-state index contributed by atoms with van der Waals surface area (Å²) < 4.78 is 1.88. The molecule has 16 heavy (non-hydrogen) atoms. The van der Waals surface area contributed by atoms with Crippen LogP contribution >= 0.6 is 0 Å². The van der Waals surface area contributed by atoms with Crippen molar-refractivity contribution in [2.45, 2.75) is 45.6 Å². The minimum Gasteiger partial charge on any atom is -0.481 e. The summed E-state index contributed by atoms with van der Waals surface area (Å²) in [5, 5.41) is 13.2. The molecule has 2 heterocycles. The fourth-order valence-corrected chi connectivity index (χ4v) is 2.05. The molecule has 1 aliphatic heterocycles. The molecule has 1 aliphatic rings. The zero-order valence-electron chi connectivity index (χ0n) is 9.68. The van der Waals surface area contributed by atoms with Crippen LogP contribution in [0.15, 0.2) is 0 Å². The molecule has 1 N–H and O–H groups in total. The Bertz CT molecular complexity index is 398. The average Bonchev–Trinajstić information content (AvgIpc) is 2.59. The second-order valence-electron chi connectivity index (χ2n) is 4.73. The summed E-state index contributed by atoms with van der Waals surface area (Å²) in [5.41, 5.74) is 0. The van der Waals surface area contributed by atoms with Crippen LogP contribution in [-0.2, 0) is 17.8 Å². The highest BCUT2D eigenvalue weighted by Crippen LogP contribution is 2.22. The lowest BCUT2D eigenvalue weighted by Crippen LogP contribution is -2.23. The van der Waals surface area contributed by atoms with Crippen LogP contribution in [0.5, 0.6) is 0 Å². The van der Waals surface area contributed by atoms with E-state index in [-0.39, 0.29) is 12.3 Å². The number of carbonyl (C=O) groups is 1. The molecule has 5 nitrogen and oxygen atoms in total. The van der Waals surface area contributed by atoms with E-state index in [0.29, 0.717) is 12.5 Å². The van der Waals surface area contributed by atoms with Gasteiger partial charge in [0, 0.05) is 25.3 Å². The van der Waals surface area contributed by atoms with Gasteiger partial charge in [-0.2, -0.15) is 5.10 Å². The van der Waals surface area contributed by atoms with Gasteiger partial charge >= 0.3 is 5.97 Å². The zero-order valence-corrected chi connectivity index (χ0v) is 9.68. The average molecular weight is 223 g/mol. The molecular weight excluding hydrogens is 206 g/mol. The maximum Gasteiger partial charge on any atom is 0.303 e. The Balaban J connectivity index is 2.11. The van der Waals surface area contributed by atoms with E-state index in [1.54, 1.807) is 0 Å². The summed E-state index contributed by atoms with van der Waals surface area (Å²) in [6.45, 7) is 4.83. The SMILES string of the molecule is CC(C)c1nc2n(n1)CC(CC(=O)O)CC2. The van der Waals surface area contributed by atoms with Crippen LogP contribution in [0.25, 0.3) is 0 Å². The Hall–Kier alpha value is -1.39. The number of aryl methyl sites for hydroxylation is 1. The molecule has 0 aromatic carbocycles. The summed E-state index contributed by atoms with van der Waals surface area (Å²) >= 11 is 0. The van der Waals surface area contributed by atoms with E-state index in [2.05, 4.69) is 23.9 Å². The lowest BCUT2D eigenvalue weighted by Gasteiger charge is -2.20. The fourth-order valence-electron chi connectivity index (χ4n) is 2.05. The number of aromatic nitrogens is 3. The Morgan fingerprint density at radius 1 is 1.62 bits per heavy atom. The molecule has 0 saturated carbocycles. The summed E-state index contributed by atoms with van der Waals surface area (Å²) in [4.78, 5) is 15.1.